The normalized spacial score (nSPS) is 11.7. The standard InChI is InChI=1S/C26H31NO5/c1-15-10-21-20(8-9-22(30-5)26(21)23(11-15)31-6)25-18(12-16(2)27-17(3)28)13-19(29-4)14-24(25)32-7/h8-11,13-14,16H,12H2,1-7H3,(H,27,28)/t16-/m1/s1. The monoisotopic (exact) mass is 437 g/mol. The van der Waals surface area contributed by atoms with Crippen molar-refractivity contribution in [2.45, 2.75) is 33.2 Å². The van der Waals surface area contributed by atoms with Gasteiger partial charge in [0.2, 0.25) is 5.91 Å². The number of hydrogen-bond donors (Lipinski definition) is 1. The van der Waals surface area contributed by atoms with Crippen LogP contribution in [0.4, 0.5) is 0 Å². The van der Waals surface area contributed by atoms with E-state index in [1.54, 1.807) is 28.4 Å². The maximum absolute atomic E-state index is 11.6. The summed E-state index contributed by atoms with van der Waals surface area (Å²) >= 11 is 0. The molecule has 1 amide bonds. The highest BCUT2D eigenvalue weighted by molar-refractivity contribution is 6.05. The van der Waals surface area contributed by atoms with Crippen LogP contribution in [0.15, 0.2) is 36.4 Å². The average molecular weight is 438 g/mol. The summed E-state index contributed by atoms with van der Waals surface area (Å²) < 4.78 is 22.7. The summed E-state index contributed by atoms with van der Waals surface area (Å²) in [4.78, 5) is 11.6. The quantitative estimate of drug-likeness (QED) is 0.542. The van der Waals surface area contributed by atoms with Crippen LogP contribution in [-0.2, 0) is 11.2 Å². The second kappa shape index (κ2) is 9.81. The molecular formula is C26H31NO5. The minimum atomic E-state index is -0.0659. The summed E-state index contributed by atoms with van der Waals surface area (Å²) in [7, 11) is 6.60. The van der Waals surface area contributed by atoms with Gasteiger partial charge in [-0.1, -0.05) is 6.07 Å². The molecule has 0 aliphatic rings. The Balaban J connectivity index is 2.35. The van der Waals surface area contributed by atoms with Crippen molar-refractivity contribution < 1.29 is 23.7 Å². The molecule has 3 aromatic rings. The molecule has 0 saturated carbocycles. The predicted molar refractivity (Wildman–Crippen MR) is 127 cm³/mol. The van der Waals surface area contributed by atoms with E-state index in [1.165, 1.54) is 6.92 Å². The fourth-order valence-electron chi connectivity index (χ4n) is 4.22. The number of ether oxygens (including phenoxy) is 4. The van der Waals surface area contributed by atoms with Crippen LogP contribution < -0.4 is 24.3 Å². The molecule has 0 radical (unpaired) electrons. The van der Waals surface area contributed by atoms with E-state index in [4.69, 9.17) is 18.9 Å². The fourth-order valence-corrected chi connectivity index (χ4v) is 4.22. The molecule has 0 saturated heterocycles. The number of benzene rings is 3. The largest absolute Gasteiger partial charge is 0.497 e. The fraction of sp³-hybridized carbons (Fsp3) is 0.346. The lowest BCUT2D eigenvalue weighted by molar-refractivity contribution is -0.119. The highest BCUT2D eigenvalue weighted by Gasteiger charge is 2.21. The first-order valence-electron chi connectivity index (χ1n) is 10.5. The third kappa shape index (κ3) is 4.59. The molecule has 0 fully saturated rings. The molecule has 1 atom stereocenters. The zero-order valence-corrected chi connectivity index (χ0v) is 19.8. The van der Waals surface area contributed by atoms with E-state index >= 15 is 0 Å². The molecule has 0 heterocycles. The summed E-state index contributed by atoms with van der Waals surface area (Å²) in [6.45, 7) is 5.54. The van der Waals surface area contributed by atoms with Crippen LogP contribution in [0.1, 0.15) is 25.0 Å². The predicted octanol–water partition coefficient (Wildman–Crippen LogP) is 4.92. The van der Waals surface area contributed by atoms with Gasteiger partial charge in [0.1, 0.15) is 23.0 Å². The van der Waals surface area contributed by atoms with Crippen LogP contribution in [-0.4, -0.2) is 40.4 Å². The summed E-state index contributed by atoms with van der Waals surface area (Å²) in [6.07, 6.45) is 0.610. The molecule has 3 rings (SSSR count). The second-order valence-corrected chi connectivity index (χ2v) is 7.87. The van der Waals surface area contributed by atoms with Gasteiger partial charge in [-0.25, -0.2) is 0 Å². The molecule has 6 heteroatoms. The van der Waals surface area contributed by atoms with Crippen LogP contribution >= 0.6 is 0 Å². The van der Waals surface area contributed by atoms with E-state index < -0.39 is 0 Å². The van der Waals surface area contributed by atoms with E-state index in [0.29, 0.717) is 17.9 Å². The Morgan fingerprint density at radius 2 is 1.59 bits per heavy atom. The highest BCUT2D eigenvalue weighted by atomic mass is 16.5. The Hall–Kier alpha value is -3.41. The number of carbonyl (C=O) groups is 1. The van der Waals surface area contributed by atoms with Gasteiger partial charge in [-0.3, -0.25) is 4.79 Å². The second-order valence-electron chi connectivity index (χ2n) is 7.87. The lowest BCUT2D eigenvalue weighted by atomic mass is 9.89. The number of amides is 1. The van der Waals surface area contributed by atoms with Gasteiger partial charge in [-0.15, -0.1) is 0 Å². The number of carbonyl (C=O) groups excluding carboxylic acids is 1. The first-order chi connectivity index (χ1) is 15.3. The molecule has 1 N–H and O–H groups in total. The topological polar surface area (TPSA) is 66.0 Å². The van der Waals surface area contributed by atoms with Gasteiger partial charge in [0.15, 0.2) is 0 Å². The van der Waals surface area contributed by atoms with Crippen molar-refractivity contribution in [3.8, 4) is 34.1 Å². The lowest BCUT2D eigenvalue weighted by Crippen LogP contribution is -2.32. The van der Waals surface area contributed by atoms with Crippen LogP contribution in [0.5, 0.6) is 23.0 Å². The van der Waals surface area contributed by atoms with Crippen molar-refractivity contribution in [3.63, 3.8) is 0 Å². The minimum absolute atomic E-state index is 0.0656. The Morgan fingerprint density at radius 1 is 0.906 bits per heavy atom. The van der Waals surface area contributed by atoms with Crippen molar-refractivity contribution in [3.05, 3.63) is 47.5 Å². The molecule has 0 bridgehead atoms. The van der Waals surface area contributed by atoms with E-state index in [9.17, 15) is 4.79 Å². The van der Waals surface area contributed by atoms with Gasteiger partial charge in [0.05, 0.1) is 33.8 Å². The first-order valence-corrected chi connectivity index (χ1v) is 10.5. The van der Waals surface area contributed by atoms with E-state index in [-0.39, 0.29) is 11.9 Å². The van der Waals surface area contributed by atoms with Gasteiger partial charge in [-0.2, -0.15) is 0 Å². The van der Waals surface area contributed by atoms with Crippen molar-refractivity contribution in [1.29, 1.82) is 0 Å². The molecule has 170 valence electrons. The Kier molecular flexibility index (Phi) is 7.13. The molecule has 3 aromatic carbocycles. The molecule has 0 spiro atoms. The van der Waals surface area contributed by atoms with E-state index in [0.717, 1.165) is 44.5 Å². The number of fused-ring (bicyclic) bond motifs is 1. The molecule has 0 aliphatic heterocycles. The van der Waals surface area contributed by atoms with Gasteiger partial charge in [-0.05, 0) is 66.6 Å². The van der Waals surface area contributed by atoms with Crippen LogP contribution in [0, 0.1) is 6.92 Å². The number of nitrogens with one attached hydrogen (secondary N) is 1. The highest BCUT2D eigenvalue weighted by Crippen LogP contribution is 2.45. The molecular weight excluding hydrogens is 406 g/mol. The van der Waals surface area contributed by atoms with Gasteiger partial charge in [0.25, 0.3) is 0 Å². The van der Waals surface area contributed by atoms with E-state index in [1.807, 2.05) is 44.2 Å². The molecule has 0 aliphatic carbocycles. The van der Waals surface area contributed by atoms with Gasteiger partial charge in [0, 0.05) is 24.6 Å². The maximum Gasteiger partial charge on any atom is 0.217 e. The number of rotatable bonds is 8. The van der Waals surface area contributed by atoms with Crippen LogP contribution in [0.3, 0.4) is 0 Å². The van der Waals surface area contributed by atoms with Crippen molar-refractivity contribution >= 4 is 16.7 Å². The van der Waals surface area contributed by atoms with Gasteiger partial charge < -0.3 is 24.3 Å². The Bertz CT molecular complexity index is 1140. The zero-order chi connectivity index (χ0) is 23.4. The SMILES string of the molecule is COc1cc(C[C@@H](C)NC(C)=O)c(-c2ccc(OC)c3c(OC)cc(C)cc23)c(OC)c1. The molecule has 0 aromatic heterocycles. The zero-order valence-electron chi connectivity index (χ0n) is 19.8. The first kappa shape index (κ1) is 23.3. The molecule has 32 heavy (non-hydrogen) atoms. The van der Waals surface area contributed by atoms with Gasteiger partial charge >= 0.3 is 0 Å². The summed E-state index contributed by atoms with van der Waals surface area (Å²) in [6, 6.07) is 11.9. The molecule has 0 unspecified atom stereocenters. The van der Waals surface area contributed by atoms with Crippen molar-refractivity contribution in [2.75, 3.05) is 28.4 Å². The van der Waals surface area contributed by atoms with Crippen molar-refractivity contribution in [2.24, 2.45) is 0 Å². The smallest absolute Gasteiger partial charge is 0.217 e. The number of aryl methyl sites for hydroxylation is 1. The third-order valence-corrected chi connectivity index (χ3v) is 5.48. The summed E-state index contributed by atoms with van der Waals surface area (Å²) in [5, 5.41) is 4.87. The Labute approximate surface area is 189 Å². The summed E-state index contributed by atoms with van der Waals surface area (Å²) in [5.74, 6) is 2.81. The average Bonchev–Trinajstić information content (AvgIpc) is 2.76. The maximum atomic E-state index is 11.6. The minimum Gasteiger partial charge on any atom is -0.497 e. The summed E-state index contributed by atoms with van der Waals surface area (Å²) in [5.41, 5.74) is 4.03. The molecule has 6 nitrogen and oxygen atoms in total. The van der Waals surface area contributed by atoms with Crippen LogP contribution in [0.2, 0.25) is 0 Å². The Morgan fingerprint density at radius 3 is 2.19 bits per heavy atom. The van der Waals surface area contributed by atoms with E-state index in [2.05, 4.69) is 11.4 Å². The number of hydrogen-bond acceptors (Lipinski definition) is 5. The van der Waals surface area contributed by atoms with Crippen LogP contribution in [0.25, 0.3) is 21.9 Å². The number of methoxy groups -OCH3 is 4. The lowest BCUT2D eigenvalue weighted by Gasteiger charge is -2.21. The van der Waals surface area contributed by atoms with Crippen molar-refractivity contribution in [1.82, 2.24) is 5.32 Å². The third-order valence-electron chi connectivity index (χ3n) is 5.48.